The first-order valence-corrected chi connectivity index (χ1v) is 6.68. The van der Waals surface area contributed by atoms with E-state index in [9.17, 15) is 8.42 Å². The first-order chi connectivity index (χ1) is 6.21. The second-order valence-electron chi connectivity index (χ2n) is 3.91. The second kappa shape index (κ2) is 3.81. The van der Waals surface area contributed by atoms with Crippen LogP contribution < -0.4 is 4.72 Å². The summed E-state index contributed by atoms with van der Waals surface area (Å²) in [6.07, 6.45) is 0. The molecule has 0 aliphatic heterocycles. The highest BCUT2D eigenvalue weighted by Crippen LogP contribution is 2.26. The lowest BCUT2D eigenvalue weighted by Crippen LogP contribution is -2.40. The van der Waals surface area contributed by atoms with Crippen LogP contribution in [0.1, 0.15) is 20.8 Å². The fraction of sp³-hybridized carbons (Fsp3) is 0.500. The third-order valence-corrected chi connectivity index (χ3v) is 4.73. The van der Waals surface area contributed by atoms with Gasteiger partial charge in [-0.05, 0) is 32.9 Å². The molecule has 1 aromatic rings. The number of sulfonamides is 1. The molecule has 1 aromatic heterocycles. The van der Waals surface area contributed by atoms with Gasteiger partial charge in [-0.3, -0.25) is 0 Å². The van der Waals surface area contributed by atoms with Crippen LogP contribution in [0.25, 0.3) is 0 Å². The average Bonchev–Trinajstić information content (AvgIpc) is 2.29. The molecule has 0 bridgehead atoms. The van der Waals surface area contributed by atoms with Crippen molar-refractivity contribution in [3.05, 3.63) is 16.5 Å². The predicted molar refractivity (Wildman–Crippen MR) is 59.4 cm³/mol. The van der Waals surface area contributed by atoms with Gasteiger partial charge in [-0.2, -0.15) is 0 Å². The zero-order valence-corrected chi connectivity index (χ0v) is 10.6. The number of hydrogen-bond acceptors (Lipinski definition) is 3. The third-order valence-electron chi connectivity index (χ3n) is 1.25. The molecule has 0 aliphatic carbocycles. The Balaban J connectivity index is 2.98. The van der Waals surface area contributed by atoms with Crippen molar-refractivity contribution in [3.63, 3.8) is 0 Å². The number of halogens is 1. The van der Waals surface area contributed by atoms with E-state index >= 15 is 0 Å². The maximum Gasteiger partial charge on any atom is 0.250 e. The molecule has 1 heterocycles. The van der Waals surface area contributed by atoms with Crippen LogP contribution in [-0.2, 0) is 10.0 Å². The van der Waals surface area contributed by atoms with Crippen molar-refractivity contribution in [2.75, 3.05) is 0 Å². The summed E-state index contributed by atoms with van der Waals surface area (Å²) >= 11 is 6.71. The Bertz CT molecular complexity index is 417. The topological polar surface area (TPSA) is 46.2 Å². The molecule has 1 rings (SSSR count). The van der Waals surface area contributed by atoms with Crippen molar-refractivity contribution in [1.82, 2.24) is 4.72 Å². The standard InChI is InChI=1S/C8H12ClNO2S2/c1-8(2,3)10-14(11,12)7-5-4-6(9)13-7/h4-5,10H,1-3H3. The smallest absolute Gasteiger partial charge is 0.206 e. The lowest BCUT2D eigenvalue weighted by molar-refractivity contribution is 0.492. The van der Waals surface area contributed by atoms with Crippen molar-refractivity contribution >= 4 is 33.0 Å². The fourth-order valence-corrected chi connectivity index (χ4v) is 3.80. The molecule has 0 atom stereocenters. The first kappa shape index (κ1) is 12.0. The molecule has 0 aliphatic rings. The van der Waals surface area contributed by atoms with Gasteiger partial charge in [0.25, 0.3) is 10.0 Å². The molecule has 80 valence electrons. The maximum absolute atomic E-state index is 11.7. The van der Waals surface area contributed by atoms with E-state index in [1.54, 1.807) is 26.8 Å². The van der Waals surface area contributed by atoms with Crippen LogP contribution in [-0.4, -0.2) is 14.0 Å². The highest BCUT2D eigenvalue weighted by molar-refractivity contribution is 7.91. The van der Waals surface area contributed by atoms with Crippen LogP contribution in [0.3, 0.4) is 0 Å². The number of nitrogens with one attached hydrogen (secondary N) is 1. The van der Waals surface area contributed by atoms with E-state index in [1.807, 2.05) is 0 Å². The third kappa shape index (κ3) is 3.24. The summed E-state index contributed by atoms with van der Waals surface area (Å²) < 4.78 is 26.7. The minimum Gasteiger partial charge on any atom is -0.206 e. The molecule has 1 N–H and O–H groups in total. The molecule has 14 heavy (non-hydrogen) atoms. The van der Waals surface area contributed by atoms with Crippen LogP contribution in [0.15, 0.2) is 16.3 Å². The number of thiophene rings is 1. The van der Waals surface area contributed by atoms with Gasteiger partial charge in [0, 0.05) is 5.54 Å². The van der Waals surface area contributed by atoms with Gasteiger partial charge in [0.05, 0.1) is 4.34 Å². The first-order valence-electron chi connectivity index (χ1n) is 4.00. The van der Waals surface area contributed by atoms with E-state index in [-0.39, 0.29) is 4.21 Å². The van der Waals surface area contributed by atoms with E-state index in [0.717, 1.165) is 11.3 Å². The Kier molecular flexibility index (Phi) is 3.26. The van der Waals surface area contributed by atoms with Gasteiger partial charge in [-0.15, -0.1) is 11.3 Å². The van der Waals surface area contributed by atoms with E-state index < -0.39 is 15.6 Å². The van der Waals surface area contributed by atoms with Crippen LogP contribution >= 0.6 is 22.9 Å². The lowest BCUT2D eigenvalue weighted by atomic mass is 10.1. The molecule has 6 heteroatoms. The Morgan fingerprint density at radius 3 is 2.29 bits per heavy atom. The van der Waals surface area contributed by atoms with Gasteiger partial charge >= 0.3 is 0 Å². The molecule has 0 unspecified atom stereocenters. The molecule has 0 radical (unpaired) electrons. The van der Waals surface area contributed by atoms with Gasteiger partial charge in [-0.1, -0.05) is 11.6 Å². The summed E-state index contributed by atoms with van der Waals surface area (Å²) in [5.41, 5.74) is -0.477. The van der Waals surface area contributed by atoms with E-state index in [4.69, 9.17) is 11.6 Å². The van der Waals surface area contributed by atoms with Gasteiger partial charge in [0.2, 0.25) is 0 Å². The normalized spacial score (nSPS) is 13.1. The van der Waals surface area contributed by atoms with Crippen molar-refractivity contribution in [2.24, 2.45) is 0 Å². The summed E-state index contributed by atoms with van der Waals surface area (Å²) in [7, 11) is -3.41. The SMILES string of the molecule is CC(C)(C)NS(=O)(=O)c1ccc(Cl)s1. The zero-order chi connectivity index (χ0) is 11.0. The quantitative estimate of drug-likeness (QED) is 0.880. The maximum atomic E-state index is 11.7. The van der Waals surface area contributed by atoms with Crippen LogP contribution in [0.5, 0.6) is 0 Å². The Hall–Kier alpha value is -0.100. The summed E-state index contributed by atoms with van der Waals surface area (Å²) in [5.74, 6) is 0. The minimum absolute atomic E-state index is 0.248. The van der Waals surface area contributed by atoms with Crippen LogP contribution in [0, 0.1) is 0 Å². The highest BCUT2D eigenvalue weighted by Gasteiger charge is 2.23. The van der Waals surface area contributed by atoms with Gasteiger partial charge in [-0.25, -0.2) is 13.1 Å². The molecule has 0 saturated carbocycles. The lowest BCUT2D eigenvalue weighted by Gasteiger charge is -2.19. The van der Waals surface area contributed by atoms with E-state index in [0.29, 0.717) is 4.34 Å². The molecular weight excluding hydrogens is 242 g/mol. The van der Waals surface area contributed by atoms with Gasteiger partial charge in [0.1, 0.15) is 4.21 Å². The molecule has 0 aromatic carbocycles. The van der Waals surface area contributed by atoms with Crippen molar-refractivity contribution in [1.29, 1.82) is 0 Å². The zero-order valence-electron chi connectivity index (χ0n) is 8.17. The number of rotatable bonds is 2. The summed E-state index contributed by atoms with van der Waals surface area (Å²) in [6.45, 7) is 5.37. The molecule has 3 nitrogen and oxygen atoms in total. The number of hydrogen-bond donors (Lipinski definition) is 1. The van der Waals surface area contributed by atoms with Gasteiger partial charge in [0.15, 0.2) is 0 Å². The predicted octanol–water partition coefficient (Wildman–Crippen LogP) is 2.48. The summed E-state index contributed by atoms with van der Waals surface area (Å²) in [6, 6.07) is 3.07. The summed E-state index contributed by atoms with van der Waals surface area (Å²) in [5, 5.41) is 0. The molecule has 0 spiro atoms. The second-order valence-corrected chi connectivity index (χ2v) is 7.54. The molecule has 0 fully saturated rings. The molecular formula is C8H12ClNO2S2. The van der Waals surface area contributed by atoms with Gasteiger partial charge < -0.3 is 0 Å². The van der Waals surface area contributed by atoms with Crippen LogP contribution in [0.2, 0.25) is 4.34 Å². The minimum atomic E-state index is -3.41. The Morgan fingerprint density at radius 1 is 1.36 bits per heavy atom. The van der Waals surface area contributed by atoms with Crippen molar-refractivity contribution < 1.29 is 8.42 Å². The van der Waals surface area contributed by atoms with Crippen molar-refractivity contribution in [2.45, 2.75) is 30.5 Å². The Labute approximate surface area is 93.1 Å². The van der Waals surface area contributed by atoms with Crippen LogP contribution in [0.4, 0.5) is 0 Å². The average molecular weight is 254 g/mol. The Morgan fingerprint density at radius 2 is 1.93 bits per heavy atom. The monoisotopic (exact) mass is 253 g/mol. The van der Waals surface area contributed by atoms with E-state index in [1.165, 1.54) is 6.07 Å². The molecule has 0 saturated heterocycles. The summed E-state index contributed by atoms with van der Waals surface area (Å²) in [4.78, 5) is 0. The van der Waals surface area contributed by atoms with E-state index in [2.05, 4.69) is 4.72 Å². The van der Waals surface area contributed by atoms with Crippen molar-refractivity contribution in [3.8, 4) is 0 Å². The molecule has 0 amide bonds. The highest BCUT2D eigenvalue weighted by atomic mass is 35.5. The fourth-order valence-electron chi connectivity index (χ4n) is 0.896. The largest absolute Gasteiger partial charge is 0.250 e.